The number of carbonyl (C=O) groups is 1. The van der Waals surface area contributed by atoms with Gasteiger partial charge < -0.3 is 10.1 Å². The number of nitrogens with zero attached hydrogens (tertiary/aromatic N) is 3. The molecule has 1 amide bonds. The molecule has 0 saturated heterocycles. The number of fused-ring (bicyclic) bond motifs is 4. The molecule has 1 aliphatic carbocycles. The highest BCUT2D eigenvalue weighted by Gasteiger charge is 2.28. The fourth-order valence-corrected chi connectivity index (χ4v) is 3.82. The molecule has 0 bridgehead atoms. The highest BCUT2D eigenvalue weighted by Crippen LogP contribution is 2.44. The monoisotopic (exact) mass is 394 g/mol. The van der Waals surface area contributed by atoms with Crippen molar-refractivity contribution in [2.24, 2.45) is 0 Å². The largest absolute Gasteiger partial charge is 0.449 e. The number of alkyl carbamates (subject to hydrolysis) is 1. The van der Waals surface area contributed by atoms with Gasteiger partial charge in [0.25, 0.3) is 0 Å². The normalized spacial score (nSPS) is 12.0. The predicted octanol–water partition coefficient (Wildman–Crippen LogP) is 3.62. The molecule has 0 radical (unpaired) electrons. The molecule has 6 nitrogen and oxygen atoms in total. The molecule has 2 aromatic heterocycles. The van der Waals surface area contributed by atoms with Crippen LogP contribution in [0.3, 0.4) is 0 Å². The first-order chi connectivity index (χ1) is 14.8. The zero-order valence-corrected chi connectivity index (χ0v) is 16.1. The maximum absolute atomic E-state index is 12.2. The second-order valence-electron chi connectivity index (χ2n) is 6.93. The average molecular weight is 394 g/mol. The molecule has 0 aliphatic heterocycles. The number of carbonyl (C=O) groups excluding carboxylic acids is 1. The smallest absolute Gasteiger partial charge is 0.407 e. The van der Waals surface area contributed by atoms with Gasteiger partial charge in [0.1, 0.15) is 6.61 Å². The quantitative estimate of drug-likeness (QED) is 0.539. The lowest BCUT2D eigenvalue weighted by Crippen LogP contribution is -2.26. The van der Waals surface area contributed by atoms with Gasteiger partial charge in [-0.15, -0.1) is 0 Å². The molecule has 5 rings (SSSR count). The fraction of sp³-hybridized carbons (Fsp3) is 0.125. The molecule has 1 aliphatic rings. The lowest BCUT2D eigenvalue weighted by molar-refractivity contribution is 0.144. The molecular weight excluding hydrogens is 376 g/mol. The number of ether oxygens (including phenoxy) is 1. The summed E-state index contributed by atoms with van der Waals surface area (Å²) in [5.41, 5.74) is 6.18. The van der Waals surface area contributed by atoms with Gasteiger partial charge in [0.15, 0.2) is 5.65 Å². The van der Waals surface area contributed by atoms with Gasteiger partial charge in [0.2, 0.25) is 0 Å². The Bertz CT molecular complexity index is 1250. The summed E-state index contributed by atoms with van der Waals surface area (Å²) in [6, 6.07) is 18.3. The average Bonchev–Trinajstić information content (AvgIpc) is 3.34. The molecule has 146 valence electrons. The van der Waals surface area contributed by atoms with Crippen LogP contribution in [-0.4, -0.2) is 33.8 Å². The molecule has 1 N–H and O–H groups in total. The van der Waals surface area contributed by atoms with E-state index in [1.165, 1.54) is 22.3 Å². The van der Waals surface area contributed by atoms with E-state index in [-0.39, 0.29) is 19.1 Å². The maximum Gasteiger partial charge on any atom is 0.407 e. The van der Waals surface area contributed by atoms with Gasteiger partial charge in [-0.1, -0.05) is 60.4 Å². The second-order valence-corrected chi connectivity index (χ2v) is 6.93. The highest BCUT2D eigenvalue weighted by molar-refractivity contribution is 5.79. The van der Waals surface area contributed by atoms with E-state index < -0.39 is 6.09 Å². The number of nitrogens with one attached hydrogen (secondary N) is 1. The zero-order valence-electron chi connectivity index (χ0n) is 16.1. The Morgan fingerprint density at radius 3 is 2.57 bits per heavy atom. The van der Waals surface area contributed by atoms with E-state index in [0.717, 1.165) is 0 Å². The molecule has 0 spiro atoms. The fourth-order valence-electron chi connectivity index (χ4n) is 3.82. The van der Waals surface area contributed by atoms with Crippen LogP contribution in [0.5, 0.6) is 0 Å². The minimum atomic E-state index is -0.482. The molecule has 4 aromatic rings. The second kappa shape index (κ2) is 7.72. The van der Waals surface area contributed by atoms with Crippen molar-refractivity contribution in [3.05, 3.63) is 89.9 Å². The summed E-state index contributed by atoms with van der Waals surface area (Å²) in [6.45, 7) is 0.464. The third kappa shape index (κ3) is 3.27. The summed E-state index contributed by atoms with van der Waals surface area (Å²) in [4.78, 5) is 16.4. The summed E-state index contributed by atoms with van der Waals surface area (Å²) in [5, 5.41) is 6.87. The Morgan fingerprint density at radius 2 is 1.80 bits per heavy atom. The molecule has 2 heterocycles. The van der Waals surface area contributed by atoms with Gasteiger partial charge in [-0.25, -0.2) is 14.3 Å². The Labute approximate surface area is 173 Å². The van der Waals surface area contributed by atoms with Crippen LogP contribution in [-0.2, 0) is 4.74 Å². The van der Waals surface area contributed by atoms with Crippen molar-refractivity contribution in [1.29, 1.82) is 0 Å². The first-order valence-corrected chi connectivity index (χ1v) is 9.67. The lowest BCUT2D eigenvalue weighted by atomic mass is 9.98. The van der Waals surface area contributed by atoms with Gasteiger partial charge in [-0.2, -0.15) is 5.10 Å². The van der Waals surface area contributed by atoms with Crippen LogP contribution >= 0.6 is 0 Å². The number of benzene rings is 2. The number of amides is 1. The van der Waals surface area contributed by atoms with Crippen molar-refractivity contribution >= 4 is 11.7 Å². The summed E-state index contributed by atoms with van der Waals surface area (Å²) >= 11 is 0. The van der Waals surface area contributed by atoms with E-state index in [0.29, 0.717) is 11.2 Å². The topological polar surface area (TPSA) is 68.5 Å². The third-order valence-electron chi connectivity index (χ3n) is 5.17. The van der Waals surface area contributed by atoms with Crippen molar-refractivity contribution in [2.45, 2.75) is 5.92 Å². The molecule has 0 fully saturated rings. The molecule has 0 saturated carbocycles. The van der Waals surface area contributed by atoms with Crippen LogP contribution in [0.25, 0.3) is 16.8 Å². The van der Waals surface area contributed by atoms with Crippen molar-refractivity contribution < 1.29 is 9.53 Å². The number of rotatable bonds is 3. The van der Waals surface area contributed by atoms with E-state index in [4.69, 9.17) is 4.74 Å². The third-order valence-corrected chi connectivity index (χ3v) is 5.17. The van der Waals surface area contributed by atoms with Gasteiger partial charge in [0, 0.05) is 18.3 Å². The number of hydrogen-bond donors (Lipinski definition) is 1. The maximum atomic E-state index is 12.2. The molecule has 0 atom stereocenters. The van der Waals surface area contributed by atoms with Crippen molar-refractivity contribution in [3.63, 3.8) is 0 Å². The predicted molar refractivity (Wildman–Crippen MR) is 113 cm³/mol. The zero-order chi connectivity index (χ0) is 20.3. The Kier molecular flexibility index (Phi) is 4.62. The first-order valence-electron chi connectivity index (χ1n) is 9.67. The lowest BCUT2D eigenvalue weighted by Gasteiger charge is -2.14. The highest BCUT2D eigenvalue weighted by atomic mass is 16.5. The van der Waals surface area contributed by atoms with E-state index in [1.54, 1.807) is 23.0 Å². The van der Waals surface area contributed by atoms with Crippen LogP contribution in [0.2, 0.25) is 0 Å². The molecule has 30 heavy (non-hydrogen) atoms. The standard InChI is InChI=1S/C24H18N4O2/c29-24(26-12-5-7-17-15-27-28-14-6-13-25-23(17)28)30-16-22-20-10-3-1-8-18(20)19-9-2-4-11-21(19)22/h1-4,6,8-11,13-15,22H,12,16H2,(H,26,29). The minimum Gasteiger partial charge on any atom is -0.449 e. The SMILES string of the molecule is O=C(NCC#Cc1cnn2cccnc12)OCC1c2ccccc2-c2ccccc21. The van der Waals surface area contributed by atoms with Crippen molar-refractivity contribution in [3.8, 4) is 23.0 Å². The van der Waals surface area contributed by atoms with E-state index in [1.807, 2.05) is 30.5 Å². The Hall–Kier alpha value is -4.11. The molecule has 0 unspecified atom stereocenters. The molecule has 6 heteroatoms. The summed E-state index contributed by atoms with van der Waals surface area (Å²) < 4.78 is 7.16. The van der Waals surface area contributed by atoms with Gasteiger partial charge >= 0.3 is 6.09 Å². The summed E-state index contributed by atoms with van der Waals surface area (Å²) in [6.07, 6.45) is 4.67. The number of hydrogen-bond acceptors (Lipinski definition) is 4. The molecule has 2 aromatic carbocycles. The van der Waals surface area contributed by atoms with Crippen molar-refractivity contribution in [1.82, 2.24) is 19.9 Å². The Morgan fingerprint density at radius 1 is 1.07 bits per heavy atom. The van der Waals surface area contributed by atoms with Crippen LogP contribution in [0, 0.1) is 11.8 Å². The van der Waals surface area contributed by atoms with Crippen LogP contribution < -0.4 is 5.32 Å². The Balaban J connectivity index is 1.21. The van der Waals surface area contributed by atoms with Gasteiger partial charge in [-0.3, -0.25) is 0 Å². The van der Waals surface area contributed by atoms with Crippen LogP contribution in [0.4, 0.5) is 4.79 Å². The first kappa shape index (κ1) is 18.0. The van der Waals surface area contributed by atoms with Gasteiger partial charge in [-0.05, 0) is 28.3 Å². The summed E-state index contributed by atoms with van der Waals surface area (Å²) in [7, 11) is 0. The summed E-state index contributed by atoms with van der Waals surface area (Å²) in [5.74, 6) is 5.94. The number of aromatic nitrogens is 3. The minimum absolute atomic E-state index is 0.0408. The van der Waals surface area contributed by atoms with Crippen molar-refractivity contribution in [2.75, 3.05) is 13.2 Å². The van der Waals surface area contributed by atoms with Gasteiger partial charge in [0.05, 0.1) is 18.3 Å². The van der Waals surface area contributed by atoms with E-state index >= 15 is 0 Å². The molecular formula is C24H18N4O2. The van der Waals surface area contributed by atoms with E-state index in [9.17, 15) is 4.79 Å². The van der Waals surface area contributed by atoms with E-state index in [2.05, 4.69) is 51.5 Å². The van der Waals surface area contributed by atoms with Crippen LogP contribution in [0.1, 0.15) is 22.6 Å². The van der Waals surface area contributed by atoms with Crippen LogP contribution in [0.15, 0.2) is 73.2 Å².